The fourth-order valence-corrected chi connectivity index (χ4v) is 2.06. The third-order valence-corrected chi connectivity index (χ3v) is 3.25. The zero-order valence-electron chi connectivity index (χ0n) is 17.0. The van der Waals surface area contributed by atoms with E-state index in [-0.39, 0.29) is 36.3 Å². The molecule has 0 aromatic heterocycles. The summed E-state index contributed by atoms with van der Waals surface area (Å²) in [6, 6.07) is 6.55. The fraction of sp³-hybridized carbons (Fsp3) is 0.579. The van der Waals surface area contributed by atoms with Crippen LogP contribution in [0.1, 0.15) is 47.1 Å². The van der Waals surface area contributed by atoms with Gasteiger partial charge in [0.05, 0.1) is 12.1 Å². The number of hydrogen-bond donors (Lipinski definition) is 3. The van der Waals surface area contributed by atoms with Gasteiger partial charge in [0.15, 0.2) is 5.96 Å². The predicted octanol–water partition coefficient (Wildman–Crippen LogP) is 3.80. The summed E-state index contributed by atoms with van der Waals surface area (Å²) in [5.41, 5.74) is -0.587. The molecule has 0 radical (unpaired) electrons. The van der Waals surface area contributed by atoms with Crippen LogP contribution in [-0.2, 0) is 11.3 Å². The van der Waals surface area contributed by atoms with Gasteiger partial charge in [-0.3, -0.25) is 0 Å². The van der Waals surface area contributed by atoms with Crippen LogP contribution in [0.4, 0.5) is 9.18 Å². The quantitative estimate of drug-likeness (QED) is 0.320. The van der Waals surface area contributed by atoms with Crippen LogP contribution in [0.5, 0.6) is 0 Å². The van der Waals surface area contributed by atoms with Crippen LogP contribution in [0.15, 0.2) is 29.3 Å². The molecule has 6 nitrogen and oxygen atoms in total. The molecule has 1 rings (SSSR count). The van der Waals surface area contributed by atoms with Gasteiger partial charge in [-0.2, -0.15) is 0 Å². The Labute approximate surface area is 178 Å². The third-order valence-electron chi connectivity index (χ3n) is 3.25. The van der Waals surface area contributed by atoms with Crippen LogP contribution in [0.2, 0.25) is 0 Å². The monoisotopic (exact) mass is 494 g/mol. The van der Waals surface area contributed by atoms with E-state index in [0.29, 0.717) is 24.6 Å². The summed E-state index contributed by atoms with van der Waals surface area (Å²) in [5.74, 6) is 0.272. The minimum absolute atomic E-state index is 0. The molecular weight excluding hydrogens is 462 g/mol. The topological polar surface area (TPSA) is 74.8 Å². The first-order valence-electron chi connectivity index (χ1n) is 8.79. The second-order valence-corrected chi connectivity index (χ2v) is 7.65. The van der Waals surface area contributed by atoms with E-state index in [4.69, 9.17) is 4.74 Å². The van der Waals surface area contributed by atoms with Crippen molar-refractivity contribution in [1.82, 2.24) is 16.0 Å². The van der Waals surface area contributed by atoms with Crippen molar-refractivity contribution < 1.29 is 13.9 Å². The number of amides is 1. The fourth-order valence-electron chi connectivity index (χ4n) is 2.06. The average Bonchev–Trinajstić information content (AvgIpc) is 2.49. The van der Waals surface area contributed by atoms with Gasteiger partial charge in [0.2, 0.25) is 0 Å². The van der Waals surface area contributed by atoms with E-state index in [1.165, 1.54) is 6.07 Å². The number of aliphatic imine (C=N–C) groups is 1. The lowest BCUT2D eigenvalue weighted by atomic mass is 10.1. The zero-order valence-corrected chi connectivity index (χ0v) is 19.3. The normalized spacial score (nSPS) is 12.0. The second-order valence-electron chi connectivity index (χ2n) is 7.65. The van der Waals surface area contributed by atoms with E-state index in [2.05, 4.69) is 20.9 Å². The summed E-state index contributed by atoms with van der Waals surface area (Å²) in [6.45, 7) is 12.5. The van der Waals surface area contributed by atoms with Crippen LogP contribution in [0.3, 0.4) is 0 Å². The lowest BCUT2D eigenvalue weighted by Crippen LogP contribution is -2.54. The molecule has 0 aliphatic heterocycles. The molecule has 0 fully saturated rings. The number of rotatable bonds is 6. The van der Waals surface area contributed by atoms with Crippen LogP contribution >= 0.6 is 24.0 Å². The van der Waals surface area contributed by atoms with Crippen LogP contribution in [0, 0.1) is 5.82 Å². The average molecular weight is 494 g/mol. The molecule has 0 unspecified atom stereocenters. The minimum Gasteiger partial charge on any atom is -0.444 e. The molecule has 0 heterocycles. The van der Waals surface area contributed by atoms with E-state index in [1.807, 2.05) is 41.5 Å². The molecule has 1 amide bonds. The van der Waals surface area contributed by atoms with E-state index in [1.54, 1.807) is 18.2 Å². The number of carbonyl (C=O) groups is 1. The second kappa shape index (κ2) is 11.3. The van der Waals surface area contributed by atoms with Crippen molar-refractivity contribution in [3.05, 3.63) is 35.6 Å². The van der Waals surface area contributed by atoms with Crippen molar-refractivity contribution in [2.24, 2.45) is 4.99 Å². The summed E-state index contributed by atoms with van der Waals surface area (Å²) >= 11 is 0. The third kappa shape index (κ3) is 11.0. The predicted molar refractivity (Wildman–Crippen MR) is 118 cm³/mol. The number of nitrogens with one attached hydrogen (secondary N) is 3. The van der Waals surface area contributed by atoms with Crippen LogP contribution in [-0.4, -0.2) is 36.3 Å². The Balaban J connectivity index is 0.00000676. The van der Waals surface area contributed by atoms with Crippen LogP contribution in [0.25, 0.3) is 0 Å². The van der Waals surface area contributed by atoms with Gasteiger partial charge in [0, 0.05) is 18.7 Å². The van der Waals surface area contributed by atoms with Gasteiger partial charge < -0.3 is 20.7 Å². The van der Waals surface area contributed by atoms with E-state index in [9.17, 15) is 9.18 Å². The lowest BCUT2D eigenvalue weighted by molar-refractivity contribution is 0.0474. The molecule has 27 heavy (non-hydrogen) atoms. The smallest absolute Gasteiger partial charge is 0.408 e. The number of ether oxygens (including phenoxy) is 1. The molecule has 8 heteroatoms. The largest absolute Gasteiger partial charge is 0.444 e. The highest BCUT2D eigenvalue weighted by molar-refractivity contribution is 14.0. The number of benzene rings is 1. The van der Waals surface area contributed by atoms with Gasteiger partial charge in [-0.05, 0) is 47.6 Å². The molecule has 0 saturated heterocycles. The molecule has 0 bridgehead atoms. The molecule has 0 aliphatic carbocycles. The van der Waals surface area contributed by atoms with Crippen molar-refractivity contribution in [1.29, 1.82) is 0 Å². The molecule has 0 aliphatic rings. The Bertz CT molecular complexity index is 630. The number of hydrogen-bond acceptors (Lipinski definition) is 3. The van der Waals surface area contributed by atoms with Gasteiger partial charge in [-0.25, -0.2) is 14.2 Å². The summed E-state index contributed by atoms with van der Waals surface area (Å²) in [6.07, 6.45) is -0.474. The Kier molecular flexibility index (Phi) is 10.6. The van der Waals surface area contributed by atoms with Crippen molar-refractivity contribution in [3.8, 4) is 0 Å². The summed E-state index contributed by atoms with van der Waals surface area (Å²) in [4.78, 5) is 16.3. The first-order chi connectivity index (χ1) is 12.0. The van der Waals surface area contributed by atoms with Crippen molar-refractivity contribution in [2.75, 3.05) is 13.1 Å². The maximum atomic E-state index is 13.7. The lowest BCUT2D eigenvalue weighted by Gasteiger charge is -2.29. The van der Waals surface area contributed by atoms with E-state index < -0.39 is 17.2 Å². The van der Waals surface area contributed by atoms with Crippen molar-refractivity contribution in [3.63, 3.8) is 0 Å². The van der Waals surface area contributed by atoms with Crippen LogP contribution < -0.4 is 16.0 Å². The number of alkyl carbamates (subject to hydrolysis) is 1. The SMILES string of the molecule is CCNC(=NCc1ccccc1F)NCC(C)(C)NC(=O)OC(C)(C)C.I. The Morgan fingerprint density at radius 1 is 1.15 bits per heavy atom. The minimum atomic E-state index is -0.559. The highest BCUT2D eigenvalue weighted by atomic mass is 127. The van der Waals surface area contributed by atoms with Gasteiger partial charge >= 0.3 is 6.09 Å². The molecule has 0 spiro atoms. The first kappa shape index (κ1) is 25.4. The van der Waals surface area contributed by atoms with Crippen molar-refractivity contribution in [2.45, 2.75) is 59.2 Å². The molecule has 0 atom stereocenters. The van der Waals surface area contributed by atoms with Gasteiger partial charge in [-0.15, -0.1) is 24.0 Å². The molecule has 154 valence electrons. The number of carbonyl (C=O) groups excluding carboxylic acids is 1. The zero-order chi connectivity index (χ0) is 19.8. The van der Waals surface area contributed by atoms with E-state index in [0.717, 1.165) is 0 Å². The van der Waals surface area contributed by atoms with Gasteiger partial charge in [0.1, 0.15) is 11.4 Å². The molecule has 3 N–H and O–H groups in total. The Morgan fingerprint density at radius 3 is 2.33 bits per heavy atom. The standard InChI is InChI=1S/C19H31FN4O2.HI/c1-7-21-16(22-12-14-10-8-9-11-15(14)20)23-13-19(5,6)24-17(25)26-18(2,3)4;/h8-11H,7,12-13H2,1-6H3,(H,24,25)(H2,21,22,23);1H. The maximum Gasteiger partial charge on any atom is 0.408 e. The summed E-state index contributed by atoms with van der Waals surface area (Å²) < 4.78 is 19.0. The van der Waals surface area contributed by atoms with Gasteiger partial charge in [0.25, 0.3) is 0 Å². The maximum absolute atomic E-state index is 13.7. The summed E-state index contributed by atoms with van der Waals surface area (Å²) in [5, 5.41) is 9.10. The molecule has 0 saturated carbocycles. The summed E-state index contributed by atoms with van der Waals surface area (Å²) in [7, 11) is 0. The number of halogens is 2. The van der Waals surface area contributed by atoms with E-state index >= 15 is 0 Å². The molecule has 1 aromatic carbocycles. The first-order valence-corrected chi connectivity index (χ1v) is 8.79. The highest BCUT2D eigenvalue weighted by Gasteiger charge is 2.24. The van der Waals surface area contributed by atoms with Crippen molar-refractivity contribution >= 4 is 36.0 Å². The highest BCUT2D eigenvalue weighted by Crippen LogP contribution is 2.09. The van der Waals surface area contributed by atoms with Gasteiger partial charge in [-0.1, -0.05) is 18.2 Å². The number of nitrogens with zero attached hydrogens (tertiary/aromatic N) is 1. The molecular formula is C19H32FIN4O2. The Hall–Kier alpha value is -1.58. The Morgan fingerprint density at radius 2 is 1.78 bits per heavy atom. The molecule has 1 aromatic rings. The number of guanidine groups is 1.